The van der Waals surface area contributed by atoms with E-state index in [1.54, 1.807) is 42.5 Å². The van der Waals surface area contributed by atoms with Crippen molar-refractivity contribution in [3.63, 3.8) is 0 Å². The number of carboxylic acid groups (broad SMARTS) is 1. The highest BCUT2D eigenvalue weighted by molar-refractivity contribution is 9.10. The summed E-state index contributed by atoms with van der Waals surface area (Å²) in [4.78, 5) is 37.9. The first-order chi connectivity index (χ1) is 17.3. The van der Waals surface area contributed by atoms with Gasteiger partial charge in [-0.05, 0) is 58.4 Å². The average molecular weight is 555 g/mol. The van der Waals surface area contributed by atoms with Gasteiger partial charge in [0.1, 0.15) is 11.4 Å². The quantitative estimate of drug-likeness (QED) is 0.330. The number of hydrogen-bond acceptors (Lipinski definition) is 6. The van der Waals surface area contributed by atoms with E-state index in [1.807, 2.05) is 0 Å². The summed E-state index contributed by atoms with van der Waals surface area (Å²) in [7, 11) is 4.32. The van der Waals surface area contributed by atoms with Crippen LogP contribution < -0.4 is 24.8 Å². The van der Waals surface area contributed by atoms with Crippen molar-refractivity contribution in [2.24, 2.45) is 0 Å². The lowest BCUT2D eigenvalue weighted by molar-refractivity contribution is -0.113. The zero-order valence-corrected chi connectivity index (χ0v) is 21.2. The molecule has 0 fully saturated rings. The zero-order valence-electron chi connectivity index (χ0n) is 19.6. The zero-order chi connectivity index (χ0) is 26.2. The number of anilines is 1. The summed E-state index contributed by atoms with van der Waals surface area (Å²) in [6.45, 7) is 0. The van der Waals surface area contributed by atoms with Crippen LogP contribution in [0.2, 0.25) is 0 Å². The summed E-state index contributed by atoms with van der Waals surface area (Å²) in [5.74, 6) is -1.42. The first kappa shape index (κ1) is 26.3. The van der Waals surface area contributed by atoms with Crippen molar-refractivity contribution in [3.8, 4) is 17.2 Å². The standard InChI is InChI=1S/C26H23BrN2O7/c1-34-21-12-11-16(26(32)33)14-19(21)28-25(31)20(29-24(30)17-8-4-5-9-18(17)27)13-15-7-6-10-22(35-2)23(15)36-3/h4-14H,1-3H3,(H,28,31)(H,29,30)(H,32,33)/b20-13-. The van der Waals surface area contributed by atoms with Crippen molar-refractivity contribution in [1.29, 1.82) is 0 Å². The lowest BCUT2D eigenvalue weighted by Crippen LogP contribution is -2.31. The molecule has 2 amide bonds. The van der Waals surface area contributed by atoms with Crippen molar-refractivity contribution < 1.29 is 33.7 Å². The number of aromatic carboxylic acids is 1. The van der Waals surface area contributed by atoms with E-state index in [0.717, 1.165) is 0 Å². The van der Waals surface area contributed by atoms with Crippen molar-refractivity contribution >= 4 is 45.5 Å². The fraction of sp³-hybridized carbons (Fsp3) is 0.115. The Morgan fingerprint density at radius 3 is 2.25 bits per heavy atom. The van der Waals surface area contributed by atoms with Crippen LogP contribution in [-0.2, 0) is 4.79 Å². The summed E-state index contributed by atoms with van der Waals surface area (Å²) in [5, 5.41) is 14.6. The van der Waals surface area contributed by atoms with Crippen molar-refractivity contribution in [3.05, 3.63) is 87.5 Å². The molecule has 0 radical (unpaired) electrons. The Labute approximate surface area is 215 Å². The summed E-state index contributed by atoms with van der Waals surface area (Å²) in [5.41, 5.74) is 0.689. The second-order valence-electron chi connectivity index (χ2n) is 7.25. The van der Waals surface area contributed by atoms with Gasteiger partial charge in [-0.15, -0.1) is 0 Å². The number of benzene rings is 3. The highest BCUT2D eigenvalue weighted by Crippen LogP contribution is 2.32. The third kappa shape index (κ3) is 6.02. The SMILES string of the molecule is COc1ccc(C(=O)O)cc1NC(=O)/C(=C/c1cccc(OC)c1OC)NC(=O)c1ccccc1Br. The van der Waals surface area contributed by atoms with Gasteiger partial charge >= 0.3 is 5.97 Å². The number of carboxylic acids is 1. The molecule has 0 aliphatic heterocycles. The maximum atomic E-state index is 13.4. The molecule has 186 valence electrons. The Hall–Kier alpha value is -4.31. The Balaban J connectivity index is 2.07. The molecule has 0 saturated carbocycles. The molecule has 3 aromatic rings. The number of ether oxygens (including phenoxy) is 3. The van der Waals surface area contributed by atoms with E-state index in [9.17, 15) is 19.5 Å². The average Bonchev–Trinajstić information content (AvgIpc) is 2.88. The highest BCUT2D eigenvalue weighted by atomic mass is 79.9. The number of carbonyl (C=O) groups is 3. The predicted octanol–water partition coefficient (Wildman–Crippen LogP) is 4.58. The lowest BCUT2D eigenvalue weighted by Gasteiger charge is -2.15. The van der Waals surface area contributed by atoms with Crippen LogP contribution in [0, 0.1) is 0 Å². The first-order valence-corrected chi connectivity index (χ1v) is 11.3. The fourth-order valence-corrected chi connectivity index (χ4v) is 3.77. The van der Waals surface area contributed by atoms with Gasteiger partial charge in [0.05, 0.1) is 38.1 Å². The number of para-hydroxylation sites is 1. The number of halogens is 1. The molecule has 0 spiro atoms. The number of methoxy groups -OCH3 is 3. The van der Waals surface area contributed by atoms with Gasteiger partial charge in [-0.1, -0.05) is 24.3 Å². The van der Waals surface area contributed by atoms with Gasteiger partial charge < -0.3 is 30.0 Å². The molecule has 3 rings (SSSR count). The molecule has 3 aromatic carbocycles. The van der Waals surface area contributed by atoms with E-state index in [4.69, 9.17) is 14.2 Å². The van der Waals surface area contributed by atoms with E-state index in [2.05, 4.69) is 26.6 Å². The topological polar surface area (TPSA) is 123 Å². The normalized spacial score (nSPS) is 10.8. The number of amides is 2. The Kier molecular flexibility index (Phi) is 8.69. The van der Waals surface area contributed by atoms with Gasteiger partial charge in [0.25, 0.3) is 11.8 Å². The Morgan fingerprint density at radius 2 is 1.61 bits per heavy atom. The molecule has 0 aliphatic carbocycles. The van der Waals surface area contributed by atoms with E-state index in [1.165, 1.54) is 45.6 Å². The molecule has 36 heavy (non-hydrogen) atoms. The Bertz CT molecular complexity index is 1340. The Morgan fingerprint density at radius 1 is 0.889 bits per heavy atom. The van der Waals surface area contributed by atoms with E-state index >= 15 is 0 Å². The smallest absolute Gasteiger partial charge is 0.335 e. The van der Waals surface area contributed by atoms with Crippen LogP contribution in [-0.4, -0.2) is 44.2 Å². The first-order valence-electron chi connectivity index (χ1n) is 10.5. The highest BCUT2D eigenvalue weighted by Gasteiger charge is 2.20. The lowest BCUT2D eigenvalue weighted by atomic mass is 10.1. The van der Waals surface area contributed by atoms with Crippen LogP contribution in [0.4, 0.5) is 5.69 Å². The summed E-state index contributed by atoms with van der Waals surface area (Å²) in [6.07, 6.45) is 1.43. The number of carbonyl (C=O) groups excluding carboxylic acids is 2. The number of nitrogens with one attached hydrogen (secondary N) is 2. The summed E-state index contributed by atoms with van der Waals surface area (Å²) < 4.78 is 16.6. The minimum absolute atomic E-state index is 0.0525. The molecule has 0 aromatic heterocycles. The summed E-state index contributed by atoms with van der Waals surface area (Å²) in [6, 6.07) is 15.9. The molecule has 3 N–H and O–H groups in total. The van der Waals surface area contributed by atoms with Gasteiger partial charge in [0, 0.05) is 10.0 Å². The van der Waals surface area contributed by atoms with Crippen LogP contribution in [0.1, 0.15) is 26.3 Å². The van der Waals surface area contributed by atoms with Crippen LogP contribution in [0.25, 0.3) is 6.08 Å². The van der Waals surface area contributed by atoms with E-state index < -0.39 is 17.8 Å². The molecule has 9 nitrogen and oxygen atoms in total. The molecule has 0 unspecified atom stereocenters. The van der Waals surface area contributed by atoms with Crippen LogP contribution in [0.5, 0.6) is 17.2 Å². The van der Waals surface area contributed by atoms with Crippen molar-refractivity contribution in [2.45, 2.75) is 0 Å². The van der Waals surface area contributed by atoms with Crippen LogP contribution >= 0.6 is 15.9 Å². The molecule has 0 heterocycles. The second-order valence-corrected chi connectivity index (χ2v) is 8.10. The molecular formula is C26H23BrN2O7. The van der Waals surface area contributed by atoms with Gasteiger partial charge in [-0.25, -0.2) is 4.79 Å². The van der Waals surface area contributed by atoms with Gasteiger partial charge in [-0.3, -0.25) is 9.59 Å². The third-order valence-electron chi connectivity index (χ3n) is 5.04. The van der Waals surface area contributed by atoms with E-state index in [0.29, 0.717) is 27.1 Å². The molecular weight excluding hydrogens is 532 g/mol. The molecule has 0 atom stereocenters. The number of hydrogen-bond donors (Lipinski definition) is 3. The minimum Gasteiger partial charge on any atom is -0.495 e. The van der Waals surface area contributed by atoms with Crippen molar-refractivity contribution in [1.82, 2.24) is 5.32 Å². The largest absolute Gasteiger partial charge is 0.495 e. The van der Waals surface area contributed by atoms with Gasteiger partial charge in [-0.2, -0.15) is 0 Å². The number of rotatable bonds is 9. The molecule has 10 heteroatoms. The monoisotopic (exact) mass is 554 g/mol. The van der Waals surface area contributed by atoms with Gasteiger partial charge in [0.2, 0.25) is 0 Å². The fourth-order valence-electron chi connectivity index (χ4n) is 3.30. The van der Waals surface area contributed by atoms with Crippen molar-refractivity contribution in [2.75, 3.05) is 26.6 Å². The molecule has 0 aliphatic rings. The van der Waals surface area contributed by atoms with Crippen LogP contribution in [0.15, 0.2) is 70.8 Å². The van der Waals surface area contributed by atoms with E-state index in [-0.39, 0.29) is 22.7 Å². The summed E-state index contributed by atoms with van der Waals surface area (Å²) >= 11 is 3.34. The predicted molar refractivity (Wildman–Crippen MR) is 138 cm³/mol. The molecule has 0 saturated heterocycles. The molecule has 0 bridgehead atoms. The maximum Gasteiger partial charge on any atom is 0.335 e. The maximum absolute atomic E-state index is 13.4. The third-order valence-corrected chi connectivity index (χ3v) is 5.73. The minimum atomic E-state index is -1.17. The van der Waals surface area contributed by atoms with Crippen LogP contribution in [0.3, 0.4) is 0 Å². The van der Waals surface area contributed by atoms with Gasteiger partial charge in [0.15, 0.2) is 11.5 Å². The second kappa shape index (κ2) is 11.9.